The van der Waals surface area contributed by atoms with Crippen LogP contribution in [0.3, 0.4) is 0 Å². The zero-order chi connectivity index (χ0) is 16.4. The quantitative estimate of drug-likeness (QED) is 0.745. The number of hydrogen-bond donors (Lipinski definition) is 0. The number of likely N-dealkylation sites (tertiary alicyclic amines) is 1. The molecule has 0 atom stereocenters. The SMILES string of the molecule is CC(=O)c1ccc(-c2ccc(CN3CCC(F)(F)CC3)s2)cc1. The van der Waals surface area contributed by atoms with Crippen molar-refractivity contribution in [3.05, 3.63) is 46.8 Å². The van der Waals surface area contributed by atoms with Crippen LogP contribution in [0.2, 0.25) is 0 Å². The van der Waals surface area contributed by atoms with Crippen molar-refractivity contribution in [1.29, 1.82) is 0 Å². The van der Waals surface area contributed by atoms with Crippen LogP contribution in [0.25, 0.3) is 10.4 Å². The van der Waals surface area contributed by atoms with Gasteiger partial charge in [-0.05, 0) is 24.6 Å². The van der Waals surface area contributed by atoms with Gasteiger partial charge in [-0.15, -0.1) is 11.3 Å². The Morgan fingerprint density at radius 2 is 1.78 bits per heavy atom. The van der Waals surface area contributed by atoms with Gasteiger partial charge in [0.2, 0.25) is 0 Å². The molecule has 1 aromatic carbocycles. The summed E-state index contributed by atoms with van der Waals surface area (Å²) in [7, 11) is 0. The Balaban J connectivity index is 1.65. The maximum atomic E-state index is 13.2. The highest BCUT2D eigenvalue weighted by molar-refractivity contribution is 7.15. The van der Waals surface area contributed by atoms with E-state index >= 15 is 0 Å². The van der Waals surface area contributed by atoms with Crippen LogP contribution >= 0.6 is 11.3 Å². The highest BCUT2D eigenvalue weighted by Crippen LogP contribution is 2.32. The van der Waals surface area contributed by atoms with Gasteiger partial charge in [-0.25, -0.2) is 8.78 Å². The van der Waals surface area contributed by atoms with Crippen molar-refractivity contribution < 1.29 is 13.6 Å². The Bertz CT molecular complexity index is 683. The van der Waals surface area contributed by atoms with Gasteiger partial charge in [0.1, 0.15) is 0 Å². The standard InChI is InChI=1S/C18H19F2NOS/c1-13(22)14-2-4-15(5-3-14)17-7-6-16(23-17)12-21-10-8-18(19,20)9-11-21/h2-7H,8-12H2,1H3. The molecule has 0 unspecified atom stereocenters. The van der Waals surface area contributed by atoms with Crippen LogP contribution in [-0.2, 0) is 6.54 Å². The number of benzene rings is 1. The first-order valence-corrected chi connectivity index (χ1v) is 8.55. The smallest absolute Gasteiger partial charge is 0.250 e. The van der Waals surface area contributed by atoms with E-state index in [-0.39, 0.29) is 18.6 Å². The lowest BCUT2D eigenvalue weighted by atomic mass is 10.1. The molecule has 0 saturated carbocycles. The molecule has 2 nitrogen and oxygen atoms in total. The van der Waals surface area contributed by atoms with Crippen LogP contribution in [0.1, 0.15) is 35.0 Å². The van der Waals surface area contributed by atoms with Crippen LogP contribution in [0, 0.1) is 0 Å². The van der Waals surface area contributed by atoms with E-state index in [0.717, 1.165) is 17.0 Å². The van der Waals surface area contributed by atoms with Crippen molar-refractivity contribution in [2.24, 2.45) is 0 Å². The molecule has 23 heavy (non-hydrogen) atoms. The first kappa shape index (κ1) is 16.3. The van der Waals surface area contributed by atoms with Crippen molar-refractivity contribution in [1.82, 2.24) is 4.90 Å². The lowest BCUT2D eigenvalue weighted by molar-refractivity contribution is -0.0564. The molecule has 0 aliphatic carbocycles. The van der Waals surface area contributed by atoms with Crippen LogP contribution < -0.4 is 0 Å². The van der Waals surface area contributed by atoms with E-state index in [1.165, 1.54) is 4.88 Å². The average Bonchev–Trinajstić information content (AvgIpc) is 2.98. The van der Waals surface area contributed by atoms with Gasteiger partial charge in [-0.3, -0.25) is 9.69 Å². The van der Waals surface area contributed by atoms with Gasteiger partial charge in [0, 0.05) is 47.8 Å². The minimum absolute atomic E-state index is 0.0439. The molecule has 0 radical (unpaired) electrons. The van der Waals surface area contributed by atoms with Gasteiger partial charge in [0.15, 0.2) is 5.78 Å². The highest BCUT2D eigenvalue weighted by Gasteiger charge is 2.33. The second-order valence-corrected chi connectivity index (χ2v) is 7.20. The van der Waals surface area contributed by atoms with E-state index in [2.05, 4.69) is 17.0 Å². The number of rotatable bonds is 4. The Morgan fingerprint density at radius 3 is 2.39 bits per heavy atom. The molecule has 1 aliphatic heterocycles. The van der Waals surface area contributed by atoms with E-state index < -0.39 is 5.92 Å². The molecule has 122 valence electrons. The van der Waals surface area contributed by atoms with Crippen molar-refractivity contribution in [2.45, 2.75) is 32.2 Å². The van der Waals surface area contributed by atoms with E-state index in [0.29, 0.717) is 18.7 Å². The monoisotopic (exact) mass is 335 g/mol. The third kappa shape index (κ3) is 4.03. The number of Topliss-reactive ketones (excluding diaryl/α,β-unsaturated/α-hetero) is 1. The summed E-state index contributed by atoms with van der Waals surface area (Å²) >= 11 is 1.68. The minimum Gasteiger partial charge on any atom is -0.298 e. The summed E-state index contributed by atoms with van der Waals surface area (Å²) in [4.78, 5) is 15.7. The average molecular weight is 335 g/mol. The number of halogens is 2. The molecule has 0 bridgehead atoms. The predicted octanol–water partition coefficient (Wildman–Crippen LogP) is 4.85. The fraction of sp³-hybridized carbons (Fsp3) is 0.389. The molecular formula is C18H19F2NOS. The number of ketones is 1. The summed E-state index contributed by atoms with van der Waals surface area (Å²) in [5, 5.41) is 0. The van der Waals surface area contributed by atoms with Crippen LogP contribution in [-0.4, -0.2) is 29.7 Å². The number of nitrogens with zero attached hydrogens (tertiary/aromatic N) is 1. The number of alkyl halides is 2. The second-order valence-electron chi connectivity index (χ2n) is 6.03. The molecule has 2 heterocycles. The maximum absolute atomic E-state index is 13.2. The van der Waals surface area contributed by atoms with E-state index in [4.69, 9.17) is 0 Å². The lowest BCUT2D eigenvalue weighted by Crippen LogP contribution is -2.38. The summed E-state index contributed by atoms with van der Waals surface area (Å²) in [6.07, 6.45) is -0.0878. The number of carbonyl (C=O) groups is 1. The summed E-state index contributed by atoms with van der Waals surface area (Å²) in [6.45, 7) is 3.19. The van der Waals surface area contributed by atoms with E-state index in [1.807, 2.05) is 24.3 Å². The molecule has 3 rings (SSSR count). The third-order valence-corrected chi connectivity index (χ3v) is 5.32. The molecule has 1 saturated heterocycles. The fourth-order valence-electron chi connectivity index (χ4n) is 2.75. The molecule has 0 N–H and O–H groups in total. The Hall–Kier alpha value is -1.59. The van der Waals surface area contributed by atoms with Crippen molar-refractivity contribution in [2.75, 3.05) is 13.1 Å². The van der Waals surface area contributed by atoms with Crippen molar-refractivity contribution in [3.63, 3.8) is 0 Å². The molecule has 0 spiro atoms. The van der Waals surface area contributed by atoms with Gasteiger partial charge in [-0.1, -0.05) is 24.3 Å². The summed E-state index contributed by atoms with van der Waals surface area (Å²) in [5.74, 6) is -2.43. The molecule has 1 aliphatic rings. The van der Waals surface area contributed by atoms with E-state index in [9.17, 15) is 13.6 Å². The molecule has 1 aromatic heterocycles. The van der Waals surface area contributed by atoms with Crippen molar-refractivity contribution in [3.8, 4) is 10.4 Å². The molecule has 1 fully saturated rings. The normalized spacial score (nSPS) is 18.0. The Kier molecular flexibility index (Phi) is 4.60. The number of hydrogen-bond acceptors (Lipinski definition) is 3. The summed E-state index contributed by atoms with van der Waals surface area (Å²) < 4.78 is 26.4. The number of carbonyl (C=O) groups excluding carboxylic acids is 1. The Morgan fingerprint density at radius 1 is 1.13 bits per heavy atom. The van der Waals surface area contributed by atoms with Crippen LogP contribution in [0.15, 0.2) is 36.4 Å². The van der Waals surface area contributed by atoms with Gasteiger partial charge in [0.05, 0.1) is 0 Å². The zero-order valence-corrected chi connectivity index (χ0v) is 13.8. The zero-order valence-electron chi connectivity index (χ0n) is 13.0. The minimum atomic E-state index is -2.49. The predicted molar refractivity (Wildman–Crippen MR) is 89.2 cm³/mol. The lowest BCUT2D eigenvalue weighted by Gasteiger charge is -2.31. The summed E-state index contributed by atoms with van der Waals surface area (Å²) in [6, 6.07) is 11.7. The van der Waals surface area contributed by atoms with E-state index in [1.54, 1.807) is 18.3 Å². The fourth-order valence-corrected chi connectivity index (χ4v) is 3.80. The molecule has 5 heteroatoms. The molecule has 2 aromatic rings. The second kappa shape index (κ2) is 6.49. The van der Waals surface area contributed by atoms with Crippen LogP contribution in [0.4, 0.5) is 8.78 Å². The molecular weight excluding hydrogens is 316 g/mol. The van der Waals surface area contributed by atoms with Crippen molar-refractivity contribution >= 4 is 17.1 Å². The Labute approximate surface area is 138 Å². The van der Waals surface area contributed by atoms with Gasteiger partial charge in [-0.2, -0.15) is 0 Å². The topological polar surface area (TPSA) is 20.3 Å². The largest absolute Gasteiger partial charge is 0.298 e. The number of piperidine rings is 1. The maximum Gasteiger partial charge on any atom is 0.250 e. The third-order valence-electron chi connectivity index (χ3n) is 4.20. The first-order valence-electron chi connectivity index (χ1n) is 7.73. The van der Waals surface area contributed by atoms with Gasteiger partial charge >= 0.3 is 0 Å². The first-order chi connectivity index (χ1) is 10.9. The van der Waals surface area contributed by atoms with Crippen LogP contribution in [0.5, 0.6) is 0 Å². The molecule has 0 amide bonds. The number of thiophene rings is 1. The highest BCUT2D eigenvalue weighted by atomic mass is 32.1. The van der Waals surface area contributed by atoms with Gasteiger partial charge < -0.3 is 0 Å². The van der Waals surface area contributed by atoms with Gasteiger partial charge in [0.25, 0.3) is 5.92 Å². The summed E-state index contributed by atoms with van der Waals surface area (Å²) in [5.41, 5.74) is 1.79.